The first-order chi connectivity index (χ1) is 18.9. The van der Waals surface area contributed by atoms with Crippen LogP contribution >= 0.6 is 0 Å². The largest absolute Gasteiger partial charge is 0.325 e. The predicted molar refractivity (Wildman–Crippen MR) is 146 cm³/mol. The fraction of sp³-hybridized carbons (Fsp3) is 0.448. The number of halogens is 2. The zero-order valence-corrected chi connectivity index (χ0v) is 22.3. The molecule has 0 saturated carbocycles. The monoisotopic (exact) mass is 530 g/mol. The van der Waals surface area contributed by atoms with E-state index in [1.165, 1.54) is 32.0 Å². The van der Waals surface area contributed by atoms with E-state index in [2.05, 4.69) is 49.0 Å². The minimum Gasteiger partial charge on any atom is -0.325 e. The summed E-state index contributed by atoms with van der Waals surface area (Å²) in [4.78, 5) is 22.4. The van der Waals surface area contributed by atoms with Crippen LogP contribution in [-0.4, -0.2) is 67.5 Å². The summed E-state index contributed by atoms with van der Waals surface area (Å²) >= 11 is 0. The number of rotatable bonds is 5. The van der Waals surface area contributed by atoms with Crippen LogP contribution in [0.5, 0.6) is 0 Å². The minimum atomic E-state index is -0.617. The second kappa shape index (κ2) is 9.31. The molecule has 0 aliphatic carbocycles. The number of aryl methyl sites for hydroxylation is 1. The standard InChI is InChI=1S/C29H32F2N8/c1-18-3-6-25-35-27-21(30)11-20(12-23(27)39(18)25)26-22(31)14-33-28(36-26)34-24-5-4-19(13-32-24)15-38-9-7-29(8-10-38)16-37(2)17-29/h4-5,11-14,18H,3,6-10,15-17H2,1-2H3,(H,32,33,34,36)/t18-/m1/s1. The van der Waals surface area contributed by atoms with Crippen molar-refractivity contribution in [3.8, 4) is 11.3 Å². The Balaban J connectivity index is 1.06. The molecular formula is C29H32F2N8. The number of hydrogen-bond donors (Lipinski definition) is 1. The molecule has 39 heavy (non-hydrogen) atoms. The Morgan fingerprint density at radius 1 is 1.03 bits per heavy atom. The summed E-state index contributed by atoms with van der Waals surface area (Å²) in [6, 6.07) is 7.22. The fourth-order valence-corrected chi connectivity index (χ4v) is 6.67. The first-order valence-electron chi connectivity index (χ1n) is 13.7. The van der Waals surface area contributed by atoms with Crippen LogP contribution in [-0.2, 0) is 13.0 Å². The molecule has 1 aromatic carbocycles. The first kappa shape index (κ1) is 24.5. The quantitative estimate of drug-likeness (QED) is 0.392. The Morgan fingerprint density at radius 2 is 1.85 bits per heavy atom. The van der Waals surface area contributed by atoms with Gasteiger partial charge in [0.2, 0.25) is 5.95 Å². The van der Waals surface area contributed by atoms with Crippen LogP contribution < -0.4 is 5.32 Å². The Hall–Kier alpha value is -3.50. The number of likely N-dealkylation sites (tertiary alicyclic amines) is 2. The Kier molecular flexibility index (Phi) is 5.85. The molecular weight excluding hydrogens is 498 g/mol. The highest BCUT2D eigenvalue weighted by Gasteiger charge is 2.42. The second-order valence-corrected chi connectivity index (χ2v) is 11.6. The van der Waals surface area contributed by atoms with Crippen LogP contribution in [0.2, 0.25) is 0 Å². The molecule has 1 spiro atoms. The summed E-state index contributed by atoms with van der Waals surface area (Å²) in [7, 11) is 2.20. The van der Waals surface area contributed by atoms with Crippen LogP contribution in [0.3, 0.4) is 0 Å². The van der Waals surface area contributed by atoms with Crippen molar-refractivity contribution in [2.75, 3.05) is 38.5 Å². The van der Waals surface area contributed by atoms with E-state index in [0.717, 1.165) is 50.1 Å². The summed E-state index contributed by atoms with van der Waals surface area (Å²) in [5.41, 5.74) is 3.06. The van der Waals surface area contributed by atoms with Crippen LogP contribution in [0, 0.1) is 17.0 Å². The number of pyridine rings is 1. The molecule has 3 aromatic heterocycles. The van der Waals surface area contributed by atoms with E-state index >= 15 is 4.39 Å². The zero-order valence-electron chi connectivity index (χ0n) is 22.3. The number of nitrogens with zero attached hydrogens (tertiary/aromatic N) is 7. The van der Waals surface area contributed by atoms with Crippen molar-refractivity contribution < 1.29 is 8.78 Å². The fourth-order valence-electron chi connectivity index (χ4n) is 6.67. The lowest BCUT2D eigenvalue weighted by molar-refractivity contribution is -0.0329. The van der Waals surface area contributed by atoms with Gasteiger partial charge in [0.15, 0.2) is 11.6 Å². The van der Waals surface area contributed by atoms with Gasteiger partial charge in [-0.3, -0.25) is 4.90 Å². The van der Waals surface area contributed by atoms with Gasteiger partial charge in [-0.2, -0.15) is 0 Å². The van der Waals surface area contributed by atoms with Gasteiger partial charge < -0.3 is 14.8 Å². The van der Waals surface area contributed by atoms with Crippen molar-refractivity contribution in [3.63, 3.8) is 0 Å². The average molecular weight is 531 g/mol. The van der Waals surface area contributed by atoms with E-state index in [0.29, 0.717) is 27.8 Å². The predicted octanol–water partition coefficient (Wildman–Crippen LogP) is 4.94. The lowest BCUT2D eigenvalue weighted by Crippen LogP contribution is -2.58. The third kappa shape index (κ3) is 4.45. The number of benzene rings is 1. The average Bonchev–Trinajstić information content (AvgIpc) is 3.47. The van der Waals surface area contributed by atoms with Crippen LogP contribution in [0.15, 0.2) is 36.7 Å². The van der Waals surface area contributed by atoms with Crippen molar-refractivity contribution in [2.24, 2.45) is 5.41 Å². The number of hydrogen-bond acceptors (Lipinski definition) is 7. The van der Waals surface area contributed by atoms with E-state index in [1.807, 2.05) is 22.9 Å². The molecule has 0 amide bonds. The van der Waals surface area contributed by atoms with E-state index in [1.54, 1.807) is 6.07 Å². The summed E-state index contributed by atoms with van der Waals surface area (Å²) in [5, 5.41) is 3.07. The summed E-state index contributed by atoms with van der Waals surface area (Å²) in [6.45, 7) is 7.65. The van der Waals surface area contributed by atoms with Gasteiger partial charge in [-0.15, -0.1) is 0 Å². The van der Waals surface area contributed by atoms with Crippen LogP contribution in [0.1, 0.15) is 43.6 Å². The van der Waals surface area contributed by atoms with Gasteiger partial charge in [-0.05, 0) is 75.5 Å². The van der Waals surface area contributed by atoms with Crippen LogP contribution in [0.25, 0.3) is 22.3 Å². The SMILES string of the molecule is C[C@@H]1CCc2nc3c(F)cc(-c4nc(Nc5ccc(CN6CCC7(CC6)CN(C)C7)cn5)ncc4F)cc3n21. The number of piperidine rings is 1. The molecule has 3 aliphatic heterocycles. The lowest BCUT2D eigenvalue weighted by Gasteiger charge is -2.53. The zero-order chi connectivity index (χ0) is 26.7. The summed E-state index contributed by atoms with van der Waals surface area (Å²) in [5.74, 6) is 0.532. The van der Waals surface area contributed by atoms with Crippen molar-refractivity contribution in [3.05, 3.63) is 59.7 Å². The van der Waals surface area contributed by atoms with Gasteiger partial charge in [0.25, 0.3) is 0 Å². The van der Waals surface area contributed by atoms with Gasteiger partial charge in [-0.25, -0.2) is 28.7 Å². The number of nitrogens with one attached hydrogen (secondary N) is 1. The highest BCUT2D eigenvalue weighted by Crippen LogP contribution is 2.40. The molecule has 0 unspecified atom stereocenters. The normalized spacial score (nSPS) is 20.9. The first-order valence-corrected chi connectivity index (χ1v) is 13.7. The van der Waals surface area contributed by atoms with E-state index in [4.69, 9.17) is 0 Å². The van der Waals surface area contributed by atoms with Crippen molar-refractivity contribution >= 4 is 22.8 Å². The molecule has 2 fully saturated rings. The molecule has 3 aliphatic rings. The van der Waals surface area contributed by atoms with E-state index in [-0.39, 0.29) is 17.7 Å². The number of imidazole rings is 1. The maximum atomic E-state index is 15.0. The molecule has 4 aromatic rings. The second-order valence-electron chi connectivity index (χ2n) is 11.6. The molecule has 202 valence electrons. The molecule has 0 radical (unpaired) electrons. The molecule has 1 atom stereocenters. The third-order valence-corrected chi connectivity index (χ3v) is 8.66. The van der Waals surface area contributed by atoms with Gasteiger partial charge in [0.05, 0.1) is 11.7 Å². The highest BCUT2D eigenvalue weighted by atomic mass is 19.1. The maximum Gasteiger partial charge on any atom is 0.229 e. The van der Waals surface area contributed by atoms with Crippen molar-refractivity contribution in [1.82, 2.24) is 34.3 Å². The smallest absolute Gasteiger partial charge is 0.229 e. The molecule has 6 heterocycles. The van der Waals surface area contributed by atoms with Crippen molar-refractivity contribution in [2.45, 2.75) is 45.2 Å². The van der Waals surface area contributed by atoms with E-state index in [9.17, 15) is 4.39 Å². The number of anilines is 2. The van der Waals surface area contributed by atoms with Gasteiger partial charge in [0, 0.05) is 43.9 Å². The number of aromatic nitrogens is 5. The van der Waals surface area contributed by atoms with Gasteiger partial charge >= 0.3 is 0 Å². The molecule has 7 rings (SSSR count). The minimum absolute atomic E-state index is 0.0339. The molecule has 0 bridgehead atoms. The Morgan fingerprint density at radius 3 is 2.59 bits per heavy atom. The van der Waals surface area contributed by atoms with E-state index < -0.39 is 11.6 Å². The highest BCUT2D eigenvalue weighted by molar-refractivity contribution is 5.83. The van der Waals surface area contributed by atoms with Gasteiger partial charge in [-0.1, -0.05) is 6.07 Å². The summed E-state index contributed by atoms with van der Waals surface area (Å²) in [6.07, 6.45) is 7.25. The Labute approximate surface area is 226 Å². The van der Waals surface area contributed by atoms with Crippen LogP contribution in [0.4, 0.5) is 20.5 Å². The topological polar surface area (TPSA) is 75.0 Å². The number of fused-ring (bicyclic) bond motifs is 3. The molecule has 1 N–H and O–H groups in total. The molecule has 10 heteroatoms. The molecule has 2 saturated heterocycles. The van der Waals surface area contributed by atoms with Crippen molar-refractivity contribution in [1.29, 1.82) is 0 Å². The third-order valence-electron chi connectivity index (χ3n) is 8.66. The maximum absolute atomic E-state index is 15.0. The molecule has 8 nitrogen and oxygen atoms in total. The Bertz CT molecular complexity index is 1530. The summed E-state index contributed by atoms with van der Waals surface area (Å²) < 4.78 is 31.9. The lowest BCUT2D eigenvalue weighted by atomic mass is 9.72. The van der Waals surface area contributed by atoms with Gasteiger partial charge in [0.1, 0.15) is 22.9 Å².